The van der Waals surface area contributed by atoms with Crippen molar-refractivity contribution in [2.24, 2.45) is 10.7 Å². The second kappa shape index (κ2) is 12.0. The van der Waals surface area contributed by atoms with E-state index in [1.165, 1.54) is 5.56 Å². The van der Waals surface area contributed by atoms with E-state index in [2.05, 4.69) is 34.3 Å². The number of hydrogen-bond donors (Lipinski definition) is 2. The number of pyridine rings is 1. The van der Waals surface area contributed by atoms with E-state index in [1.807, 2.05) is 24.3 Å². The first-order valence-electron chi connectivity index (χ1n) is 9.62. The van der Waals surface area contributed by atoms with E-state index in [0.29, 0.717) is 35.6 Å². The Kier molecular flexibility index (Phi) is 9.39. The highest BCUT2D eigenvalue weighted by atomic mass is 127. The van der Waals surface area contributed by atoms with Gasteiger partial charge in [-0.25, -0.2) is 9.98 Å². The highest BCUT2D eigenvalue weighted by Gasteiger charge is 2.13. The smallest absolute Gasteiger partial charge is 0.219 e. The number of aromatic nitrogens is 1. The van der Waals surface area contributed by atoms with Gasteiger partial charge in [0, 0.05) is 18.0 Å². The SMILES string of the molecule is CCc1cccc(NC(N)=NCc2ccc(Oc3c(OC)cccc3OC)nc2)c1.I. The van der Waals surface area contributed by atoms with E-state index in [1.54, 1.807) is 38.6 Å². The second-order valence-corrected chi connectivity index (χ2v) is 6.48. The van der Waals surface area contributed by atoms with Gasteiger partial charge in [-0.2, -0.15) is 0 Å². The van der Waals surface area contributed by atoms with Gasteiger partial charge in [-0.05, 0) is 41.8 Å². The first-order valence-corrected chi connectivity index (χ1v) is 9.62. The van der Waals surface area contributed by atoms with Crippen LogP contribution in [0.15, 0.2) is 65.8 Å². The van der Waals surface area contributed by atoms with Gasteiger partial charge in [-0.15, -0.1) is 24.0 Å². The molecule has 0 spiro atoms. The predicted octanol–water partition coefficient (Wildman–Crippen LogP) is 5.00. The Hall–Kier alpha value is -3.01. The van der Waals surface area contributed by atoms with Crippen LogP contribution in [0.5, 0.6) is 23.1 Å². The molecule has 3 N–H and O–H groups in total. The van der Waals surface area contributed by atoms with Crippen molar-refractivity contribution in [2.45, 2.75) is 19.9 Å². The van der Waals surface area contributed by atoms with Crippen LogP contribution in [-0.2, 0) is 13.0 Å². The molecule has 0 radical (unpaired) electrons. The lowest BCUT2D eigenvalue weighted by molar-refractivity contribution is 0.342. The fourth-order valence-corrected chi connectivity index (χ4v) is 2.82. The number of ether oxygens (including phenoxy) is 3. The van der Waals surface area contributed by atoms with Crippen molar-refractivity contribution in [2.75, 3.05) is 19.5 Å². The largest absolute Gasteiger partial charge is 0.493 e. The number of rotatable bonds is 8. The average Bonchev–Trinajstić information content (AvgIpc) is 2.78. The molecule has 0 fully saturated rings. The third-order valence-corrected chi connectivity index (χ3v) is 4.43. The fourth-order valence-electron chi connectivity index (χ4n) is 2.82. The van der Waals surface area contributed by atoms with Gasteiger partial charge >= 0.3 is 0 Å². The topological polar surface area (TPSA) is 91.0 Å². The van der Waals surface area contributed by atoms with E-state index < -0.39 is 0 Å². The number of hydrogen-bond acceptors (Lipinski definition) is 5. The van der Waals surface area contributed by atoms with Crippen LogP contribution in [0.1, 0.15) is 18.1 Å². The van der Waals surface area contributed by atoms with Crippen LogP contribution < -0.4 is 25.3 Å². The molecule has 0 bridgehead atoms. The van der Waals surface area contributed by atoms with Crippen LogP contribution >= 0.6 is 24.0 Å². The zero-order valence-electron chi connectivity index (χ0n) is 17.8. The number of anilines is 1. The molecule has 164 valence electrons. The van der Waals surface area contributed by atoms with Gasteiger partial charge in [0.05, 0.1) is 20.8 Å². The summed E-state index contributed by atoms with van der Waals surface area (Å²) in [5, 5.41) is 3.11. The van der Waals surface area contributed by atoms with Gasteiger partial charge in [0.15, 0.2) is 17.5 Å². The zero-order valence-corrected chi connectivity index (χ0v) is 20.1. The standard InChI is InChI=1S/C23H26N4O3.HI/c1-4-16-7-5-8-18(13-16)27-23(24)26-15-17-11-12-21(25-14-17)30-22-19(28-2)9-6-10-20(22)29-3;/h5-14H,4,15H2,1-3H3,(H3,24,26,27);1H. The molecule has 1 heterocycles. The van der Waals surface area contributed by atoms with Gasteiger partial charge in [-0.1, -0.05) is 31.2 Å². The highest BCUT2D eigenvalue weighted by molar-refractivity contribution is 14.0. The Morgan fingerprint density at radius 3 is 2.32 bits per heavy atom. The number of aliphatic imine (C=N–C) groups is 1. The first-order chi connectivity index (χ1) is 14.6. The summed E-state index contributed by atoms with van der Waals surface area (Å²) in [5.41, 5.74) is 9.07. The molecule has 3 aromatic rings. The molecule has 8 heteroatoms. The van der Waals surface area contributed by atoms with E-state index in [-0.39, 0.29) is 24.0 Å². The van der Waals surface area contributed by atoms with Crippen LogP contribution in [0.25, 0.3) is 0 Å². The van der Waals surface area contributed by atoms with Gasteiger partial charge < -0.3 is 25.3 Å². The number of guanidine groups is 1. The van der Waals surface area contributed by atoms with Crippen LogP contribution in [0.3, 0.4) is 0 Å². The van der Waals surface area contributed by atoms with Gasteiger partial charge in [0.25, 0.3) is 0 Å². The summed E-state index contributed by atoms with van der Waals surface area (Å²) in [6.45, 7) is 2.51. The monoisotopic (exact) mass is 534 g/mol. The Balaban J connectivity index is 0.00000341. The molecular formula is C23H27IN4O3. The number of nitrogens with one attached hydrogen (secondary N) is 1. The lowest BCUT2D eigenvalue weighted by atomic mass is 10.1. The highest BCUT2D eigenvalue weighted by Crippen LogP contribution is 2.39. The molecule has 0 amide bonds. The molecule has 2 aromatic carbocycles. The van der Waals surface area contributed by atoms with Gasteiger partial charge in [-0.3, -0.25) is 0 Å². The van der Waals surface area contributed by atoms with E-state index in [9.17, 15) is 0 Å². The summed E-state index contributed by atoms with van der Waals surface area (Å²) in [6.07, 6.45) is 2.67. The maximum atomic E-state index is 6.01. The number of halogens is 1. The second-order valence-electron chi connectivity index (χ2n) is 6.48. The molecule has 0 unspecified atom stereocenters. The molecule has 31 heavy (non-hydrogen) atoms. The summed E-state index contributed by atoms with van der Waals surface area (Å²) in [4.78, 5) is 8.72. The van der Waals surface area contributed by atoms with Crippen LogP contribution in [0, 0.1) is 0 Å². The average molecular weight is 534 g/mol. The molecule has 7 nitrogen and oxygen atoms in total. The maximum Gasteiger partial charge on any atom is 0.219 e. The number of aryl methyl sites for hydroxylation is 1. The third-order valence-electron chi connectivity index (χ3n) is 4.43. The Bertz CT molecular complexity index is 988. The Labute approximate surface area is 199 Å². The molecule has 3 rings (SSSR count). The van der Waals surface area contributed by atoms with Crippen molar-refractivity contribution in [1.82, 2.24) is 4.98 Å². The van der Waals surface area contributed by atoms with Crippen LogP contribution in [0.2, 0.25) is 0 Å². The molecule has 0 aliphatic heterocycles. The van der Waals surface area contributed by atoms with E-state index in [0.717, 1.165) is 17.7 Å². The molecule has 1 aromatic heterocycles. The minimum Gasteiger partial charge on any atom is -0.493 e. The molecule has 0 atom stereocenters. The third kappa shape index (κ3) is 6.74. The molecule has 0 saturated carbocycles. The number of nitrogens with zero attached hydrogens (tertiary/aromatic N) is 2. The predicted molar refractivity (Wildman–Crippen MR) is 134 cm³/mol. The summed E-state index contributed by atoms with van der Waals surface area (Å²) < 4.78 is 16.6. The molecule has 0 aliphatic rings. The Morgan fingerprint density at radius 1 is 1.00 bits per heavy atom. The number of para-hydroxylation sites is 1. The fraction of sp³-hybridized carbons (Fsp3) is 0.217. The van der Waals surface area contributed by atoms with Crippen molar-refractivity contribution < 1.29 is 14.2 Å². The van der Waals surface area contributed by atoms with Crippen molar-refractivity contribution in [3.63, 3.8) is 0 Å². The number of nitrogens with two attached hydrogens (primary N) is 1. The van der Waals surface area contributed by atoms with Crippen LogP contribution in [-0.4, -0.2) is 25.2 Å². The zero-order chi connectivity index (χ0) is 21.3. The van der Waals surface area contributed by atoms with Crippen molar-refractivity contribution >= 4 is 35.6 Å². The van der Waals surface area contributed by atoms with Crippen molar-refractivity contribution in [3.8, 4) is 23.1 Å². The normalized spacial score (nSPS) is 10.7. The van der Waals surface area contributed by atoms with Gasteiger partial charge in [0.1, 0.15) is 0 Å². The summed E-state index contributed by atoms with van der Waals surface area (Å²) in [5.74, 6) is 2.38. The van der Waals surface area contributed by atoms with Crippen molar-refractivity contribution in [1.29, 1.82) is 0 Å². The molecule has 0 saturated heterocycles. The molecule has 0 aliphatic carbocycles. The van der Waals surface area contributed by atoms with Crippen LogP contribution in [0.4, 0.5) is 5.69 Å². The summed E-state index contributed by atoms with van der Waals surface area (Å²) >= 11 is 0. The van der Waals surface area contributed by atoms with E-state index in [4.69, 9.17) is 19.9 Å². The van der Waals surface area contributed by atoms with Gasteiger partial charge in [0.2, 0.25) is 11.6 Å². The first kappa shape index (κ1) is 24.3. The van der Waals surface area contributed by atoms with Crippen molar-refractivity contribution in [3.05, 3.63) is 71.9 Å². The molecular weight excluding hydrogens is 507 g/mol. The lowest BCUT2D eigenvalue weighted by Gasteiger charge is -2.13. The number of benzene rings is 2. The maximum absolute atomic E-state index is 6.01. The number of methoxy groups -OCH3 is 2. The van der Waals surface area contributed by atoms with E-state index >= 15 is 0 Å². The summed E-state index contributed by atoms with van der Waals surface area (Å²) in [7, 11) is 3.15. The summed E-state index contributed by atoms with van der Waals surface area (Å²) in [6, 6.07) is 17.2. The quantitative estimate of drug-likeness (QED) is 0.240. The Morgan fingerprint density at radius 2 is 1.71 bits per heavy atom. The minimum atomic E-state index is 0. The lowest BCUT2D eigenvalue weighted by Crippen LogP contribution is -2.22. The minimum absolute atomic E-state index is 0.